The van der Waals surface area contributed by atoms with Gasteiger partial charge in [0.05, 0.1) is 25.3 Å². The van der Waals surface area contributed by atoms with E-state index in [1.807, 2.05) is 20.8 Å². The maximum Gasteiger partial charge on any atom is 0.410 e. The summed E-state index contributed by atoms with van der Waals surface area (Å²) < 4.78 is 11.2. The molecule has 1 aromatic rings. The van der Waals surface area contributed by atoms with Gasteiger partial charge in [-0.3, -0.25) is 4.90 Å². The van der Waals surface area contributed by atoms with Crippen LogP contribution in [-0.2, 0) is 22.6 Å². The van der Waals surface area contributed by atoms with Crippen LogP contribution >= 0.6 is 0 Å². The molecule has 3 heterocycles. The molecule has 24 heavy (non-hydrogen) atoms. The van der Waals surface area contributed by atoms with Crippen LogP contribution in [0.25, 0.3) is 0 Å². The van der Waals surface area contributed by atoms with E-state index in [-0.39, 0.29) is 6.09 Å². The molecule has 3 aliphatic heterocycles. The Morgan fingerprint density at radius 2 is 1.79 bits per heavy atom. The molecule has 2 fully saturated rings. The fourth-order valence-corrected chi connectivity index (χ4v) is 4.05. The number of benzene rings is 1. The Hall–Kier alpha value is -1.75. The van der Waals surface area contributed by atoms with Gasteiger partial charge in [-0.1, -0.05) is 6.07 Å². The van der Waals surface area contributed by atoms with E-state index >= 15 is 0 Å². The molecular formula is C19H26N2O3. The van der Waals surface area contributed by atoms with E-state index in [1.165, 1.54) is 29.7 Å². The lowest BCUT2D eigenvalue weighted by Gasteiger charge is -2.36. The summed E-state index contributed by atoms with van der Waals surface area (Å²) in [5.74, 6) is 0. The Morgan fingerprint density at radius 3 is 2.46 bits per heavy atom. The minimum atomic E-state index is -0.454. The Balaban J connectivity index is 1.51. The molecular weight excluding hydrogens is 304 g/mol. The fraction of sp³-hybridized carbons (Fsp3) is 0.632. The van der Waals surface area contributed by atoms with Gasteiger partial charge in [-0.25, -0.2) is 4.79 Å². The molecule has 5 heteroatoms. The summed E-state index contributed by atoms with van der Waals surface area (Å²) in [6.07, 6.45) is 2.20. The van der Waals surface area contributed by atoms with Crippen LogP contribution in [0.2, 0.25) is 0 Å². The first-order valence-corrected chi connectivity index (χ1v) is 8.86. The highest BCUT2D eigenvalue weighted by Crippen LogP contribution is 2.36. The number of rotatable bonds is 1. The molecule has 3 aliphatic rings. The van der Waals surface area contributed by atoms with Gasteiger partial charge in [0.15, 0.2) is 0 Å². The third-order valence-electron chi connectivity index (χ3n) is 5.10. The molecule has 2 bridgehead atoms. The molecule has 0 radical (unpaired) electrons. The minimum Gasteiger partial charge on any atom is -0.444 e. The van der Waals surface area contributed by atoms with Gasteiger partial charge in [0, 0.05) is 18.8 Å². The van der Waals surface area contributed by atoms with Gasteiger partial charge in [0.1, 0.15) is 5.60 Å². The van der Waals surface area contributed by atoms with Crippen LogP contribution in [0.5, 0.6) is 0 Å². The second-order valence-corrected chi connectivity index (χ2v) is 8.12. The van der Waals surface area contributed by atoms with Crippen molar-refractivity contribution in [2.75, 3.05) is 18.1 Å². The van der Waals surface area contributed by atoms with E-state index in [2.05, 4.69) is 23.1 Å². The summed E-state index contributed by atoms with van der Waals surface area (Å²) in [5.41, 5.74) is 3.29. The topological polar surface area (TPSA) is 42.0 Å². The van der Waals surface area contributed by atoms with Gasteiger partial charge in [-0.2, -0.15) is 0 Å². The number of anilines is 1. The van der Waals surface area contributed by atoms with Gasteiger partial charge in [0.25, 0.3) is 0 Å². The normalized spacial score (nSPS) is 25.8. The van der Waals surface area contributed by atoms with E-state index < -0.39 is 5.60 Å². The van der Waals surface area contributed by atoms with Crippen LogP contribution in [0.1, 0.15) is 44.7 Å². The third kappa shape index (κ3) is 2.86. The summed E-state index contributed by atoms with van der Waals surface area (Å²) in [6, 6.07) is 7.64. The lowest BCUT2D eigenvalue weighted by Crippen LogP contribution is -2.45. The van der Waals surface area contributed by atoms with Crippen molar-refractivity contribution < 1.29 is 14.3 Å². The summed E-state index contributed by atoms with van der Waals surface area (Å²) in [4.78, 5) is 16.6. The Morgan fingerprint density at radius 1 is 1.12 bits per heavy atom. The van der Waals surface area contributed by atoms with E-state index in [9.17, 15) is 4.79 Å². The number of carbonyl (C=O) groups is 1. The number of morpholine rings is 1. The van der Waals surface area contributed by atoms with E-state index in [4.69, 9.17) is 9.47 Å². The molecule has 2 atom stereocenters. The highest BCUT2D eigenvalue weighted by molar-refractivity contribution is 5.70. The summed E-state index contributed by atoms with van der Waals surface area (Å²) in [6.45, 7) is 8.65. The zero-order valence-electron chi connectivity index (χ0n) is 14.7. The highest BCUT2D eigenvalue weighted by Gasteiger charge is 2.38. The summed E-state index contributed by atoms with van der Waals surface area (Å²) >= 11 is 0. The number of fused-ring (bicyclic) bond motifs is 3. The van der Waals surface area contributed by atoms with Crippen LogP contribution in [0.3, 0.4) is 0 Å². The third-order valence-corrected chi connectivity index (χ3v) is 5.10. The van der Waals surface area contributed by atoms with Crippen LogP contribution in [0.15, 0.2) is 18.2 Å². The van der Waals surface area contributed by atoms with Crippen LogP contribution < -0.4 is 4.90 Å². The molecule has 1 amide bonds. The average Bonchev–Trinajstić information content (AvgIpc) is 3.03. The van der Waals surface area contributed by atoms with Gasteiger partial charge in [0.2, 0.25) is 0 Å². The predicted octanol–water partition coefficient (Wildman–Crippen LogP) is 3.30. The quantitative estimate of drug-likeness (QED) is 0.792. The number of nitrogens with zero attached hydrogens (tertiary/aromatic N) is 2. The van der Waals surface area contributed by atoms with Gasteiger partial charge >= 0.3 is 6.09 Å². The highest BCUT2D eigenvalue weighted by atomic mass is 16.6. The largest absolute Gasteiger partial charge is 0.444 e. The first kappa shape index (κ1) is 15.8. The molecule has 0 N–H and O–H groups in total. The second-order valence-electron chi connectivity index (χ2n) is 8.12. The van der Waals surface area contributed by atoms with Gasteiger partial charge in [-0.15, -0.1) is 0 Å². The van der Waals surface area contributed by atoms with E-state index in [0.717, 1.165) is 13.2 Å². The monoisotopic (exact) mass is 330 g/mol. The lowest BCUT2D eigenvalue weighted by molar-refractivity contribution is 0.0242. The number of hydrogen-bond acceptors (Lipinski definition) is 4. The number of carbonyl (C=O) groups excluding carboxylic acids is 1. The summed E-state index contributed by atoms with van der Waals surface area (Å²) in [7, 11) is 0. The molecule has 2 saturated heterocycles. The van der Waals surface area contributed by atoms with Crippen LogP contribution in [0.4, 0.5) is 10.5 Å². The first-order chi connectivity index (χ1) is 11.4. The van der Waals surface area contributed by atoms with Crippen molar-refractivity contribution in [2.24, 2.45) is 0 Å². The molecule has 1 aromatic carbocycles. The number of ether oxygens (including phenoxy) is 2. The van der Waals surface area contributed by atoms with Crippen molar-refractivity contribution in [1.29, 1.82) is 0 Å². The Kier molecular flexibility index (Phi) is 3.71. The molecule has 0 aliphatic carbocycles. The van der Waals surface area contributed by atoms with Crippen molar-refractivity contribution in [3.05, 3.63) is 29.3 Å². The molecule has 0 aromatic heterocycles. The fourth-order valence-electron chi connectivity index (χ4n) is 4.05. The molecule has 4 rings (SSSR count). The SMILES string of the molecule is CC(C)(C)OC(=O)N1Cc2ccc(N3C4CCC3COC4)cc2C1. The lowest BCUT2D eigenvalue weighted by atomic mass is 10.1. The molecule has 2 unspecified atom stereocenters. The smallest absolute Gasteiger partial charge is 0.410 e. The Bertz CT molecular complexity index is 637. The van der Waals surface area contributed by atoms with Crippen LogP contribution in [-0.4, -0.2) is 41.9 Å². The van der Waals surface area contributed by atoms with Crippen molar-refractivity contribution in [1.82, 2.24) is 4.90 Å². The molecule has 0 spiro atoms. The van der Waals surface area contributed by atoms with Crippen molar-refractivity contribution in [3.63, 3.8) is 0 Å². The zero-order chi connectivity index (χ0) is 16.9. The zero-order valence-corrected chi connectivity index (χ0v) is 14.7. The summed E-state index contributed by atoms with van der Waals surface area (Å²) in [5, 5.41) is 0. The first-order valence-electron chi connectivity index (χ1n) is 8.86. The maximum atomic E-state index is 12.3. The predicted molar refractivity (Wildman–Crippen MR) is 92.0 cm³/mol. The van der Waals surface area contributed by atoms with Gasteiger partial charge < -0.3 is 14.4 Å². The average molecular weight is 330 g/mol. The maximum absolute atomic E-state index is 12.3. The minimum absolute atomic E-state index is 0.230. The van der Waals surface area contributed by atoms with Crippen molar-refractivity contribution in [2.45, 2.75) is 64.4 Å². The number of amides is 1. The molecule has 0 saturated carbocycles. The second kappa shape index (κ2) is 5.66. The van der Waals surface area contributed by atoms with E-state index in [0.29, 0.717) is 25.2 Å². The Labute approximate surface area is 143 Å². The van der Waals surface area contributed by atoms with Gasteiger partial charge in [-0.05, 0) is 56.9 Å². The standard InChI is InChI=1S/C19H26N2O3/c1-19(2,3)24-18(22)20-9-13-4-5-15(8-14(13)10-20)21-16-6-7-17(21)12-23-11-16/h4-5,8,16-17H,6-7,9-12H2,1-3H3. The number of hydrogen-bond donors (Lipinski definition) is 0. The van der Waals surface area contributed by atoms with Crippen molar-refractivity contribution >= 4 is 11.8 Å². The molecule has 130 valence electrons. The van der Waals surface area contributed by atoms with E-state index in [1.54, 1.807) is 4.90 Å². The van der Waals surface area contributed by atoms with Crippen molar-refractivity contribution in [3.8, 4) is 0 Å². The molecule has 5 nitrogen and oxygen atoms in total. The van der Waals surface area contributed by atoms with Crippen LogP contribution in [0, 0.1) is 0 Å².